The average Bonchev–Trinajstić information content (AvgIpc) is 2.79. The van der Waals surface area contributed by atoms with E-state index in [1.165, 1.54) is 31.2 Å². The Labute approximate surface area is 181 Å². The molecule has 1 saturated carbocycles. The monoisotopic (exact) mass is 406 g/mol. The summed E-state index contributed by atoms with van der Waals surface area (Å²) in [5.74, 6) is 0.889. The predicted molar refractivity (Wildman–Crippen MR) is 123 cm³/mol. The molecule has 0 unspecified atom stereocenters. The molecule has 0 radical (unpaired) electrons. The summed E-state index contributed by atoms with van der Waals surface area (Å²) in [6.45, 7) is 5.06. The summed E-state index contributed by atoms with van der Waals surface area (Å²) in [5.41, 5.74) is 2.96. The zero-order chi connectivity index (χ0) is 21.2. The fraction of sp³-hybridized carbons (Fsp3) is 0.444. The van der Waals surface area contributed by atoms with Crippen molar-refractivity contribution in [2.75, 3.05) is 6.61 Å². The number of allylic oxidation sites excluding steroid dienone is 1. The van der Waals surface area contributed by atoms with Crippen LogP contribution < -0.4 is 4.74 Å². The third-order valence-electron chi connectivity index (χ3n) is 5.78. The van der Waals surface area contributed by atoms with Crippen molar-refractivity contribution in [1.82, 2.24) is 0 Å². The van der Waals surface area contributed by atoms with Crippen molar-refractivity contribution in [2.45, 2.75) is 64.9 Å². The van der Waals surface area contributed by atoms with E-state index in [0.29, 0.717) is 23.3 Å². The van der Waals surface area contributed by atoms with Crippen LogP contribution >= 0.6 is 0 Å². The van der Waals surface area contributed by atoms with Crippen molar-refractivity contribution in [1.29, 1.82) is 0 Å². The van der Waals surface area contributed by atoms with Gasteiger partial charge in [0.2, 0.25) is 0 Å². The Kier molecular flexibility index (Phi) is 8.70. The van der Waals surface area contributed by atoms with Gasteiger partial charge in [0.15, 0.2) is 0 Å². The first-order valence-electron chi connectivity index (χ1n) is 11.4. The fourth-order valence-corrected chi connectivity index (χ4v) is 3.93. The minimum atomic E-state index is -0.318. The molecule has 0 aliphatic heterocycles. The molecular weight excluding hydrogens is 372 g/mol. The minimum absolute atomic E-state index is 0.318. The van der Waals surface area contributed by atoms with Crippen LogP contribution in [0.1, 0.15) is 73.9 Å². The van der Waals surface area contributed by atoms with E-state index in [9.17, 15) is 4.79 Å². The minimum Gasteiger partial charge on any atom is -0.423 e. The van der Waals surface area contributed by atoms with Crippen molar-refractivity contribution >= 4 is 12.0 Å². The van der Waals surface area contributed by atoms with Crippen LogP contribution in [0.4, 0.5) is 0 Å². The summed E-state index contributed by atoms with van der Waals surface area (Å²) in [5, 5.41) is 0. The van der Waals surface area contributed by atoms with Crippen LogP contribution in [-0.2, 0) is 11.2 Å². The van der Waals surface area contributed by atoms with E-state index in [0.717, 1.165) is 31.4 Å². The first-order chi connectivity index (χ1) is 14.7. The predicted octanol–water partition coefficient (Wildman–Crippen LogP) is 6.86. The first kappa shape index (κ1) is 22.3. The zero-order valence-corrected chi connectivity index (χ0v) is 18.3. The van der Waals surface area contributed by atoms with Gasteiger partial charge in [0.05, 0.1) is 11.7 Å². The van der Waals surface area contributed by atoms with Crippen LogP contribution in [0.3, 0.4) is 0 Å². The maximum atomic E-state index is 12.4. The average molecular weight is 407 g/mol. The Bertz CT molecular complexity index is 797. The molecule has 0 saturated heterocycles. The number of carbonyl (C=O) groups is 1. The number of esters is 1. The Balaban J connectivity index is 1.49. The van der Waals surface area contributed by atoms with E-state index in [1.807, 2.05) is 48.5 Å². The number of carbonyl (C=O) groups excluding carboxylic acids is 1. The van der Waals surface area contributed by atoms with E-state index in [1.54, 1.807) is 0 Å². The summed E-state index contributed by atoms with van der Waals surface area (Å²) in [4.78, 5) is 12.4. The molecule has 0 bridgehead atoms. The molecule has 3 nitrogen and oxygen atoms in total. The van der Waals surface area contributed by atoms with Gasteiger partial charge in [0, 0.05) is 6.61 Å². The molecule has 0 aromatic heterocycles. The summed E-state index contributed by atoms with van der Waals surface area (Å²) in [6.07, 6.45) is 13.0. The highest BCUT2D eigenvalue weighted by atomic mass is 16.5. The molecule has 0 heterocycles. The van der Waals surface area contributed by atoms with Crippen LogP contribution in [-0.4, -0.2) is 18.7 Å². The van der Waals surface area contributed by atoms with Crippen molar-refractivity contribution in [3.63, 3.8) is 0 Å². The lowest BCUT2D eigenvalue weighted by molar-refractivity contribution is 0.0303. The van der Waals surface area contributed by atoms with Gasteiger partial charge in [-0.05, 0) is 86.8 Å². The molecule has 0 N–H and O–H groups in total. The Morgan fingerprint density at radius 3 is 2.30 bits per heavy atom. The van der Waals surface area contributed by atoms with Gasteiger partial charge in [0.25, 0.3) is 0 Å². The van der Waals surface area contributed by atoms with Crippen LogP contribution in [0.5, 0.6) is 5.75 Å². The number of benzene rings is 2. The Morgan fingerprint density at radius 2 is 1.67 bits per heavy atom. The molecule has 1 aliphatic carbocycles. The van der Waals surface area contributed by atoms with Gasteiger partial charge in [0.1, 0.15) is 5.75 Å². The van der Waals surface area contributed by atoms with E-state index in [4.69, 9.17) is 9.47 Å². The molecule has 160 valence electrons. The van der Waals surface area contributed by atoms with Crippen molar-refractivity contribution < 1.29 is 14.3 Å². The van der Waals surface area contributed by atoms with Crippen LogP contribution in [0.25, 0.3) is 6.08 Å². The number of hydrogen-bond acceptors (Lipinski definition) is 3. The summed E-state index contributed by atoms with van der Waals surface area (Å²) in [6, 6.07) is 15.5. The highest BCUT2D eigenvalue weighted by molar-refractivity contribution is 5.91. The van der Waals surface area contributed by atoms with E-state index < -0.39 is 0 Å². The van der Waals surface area contributed by atoms with Gasteiger partial charge in [-0.25, -0.2) is 4.79 Å². The molecule has 30 heavy (non-hydrogen) atoms. The lowest BCUT2D eigenvalue weighted by Gasteiger charge is -2.26. The largest absolute Gasteiger partial charge is 0.423 e. The topological polar surface area (TPSA) is 35.5 Å². The summed E-state index contributed by atoms with van der Waals surface area (Å²) >= 11 is 0. The van der Waals surface area contributed by atoms with Crippen molar-refractivity contribution in [3.8, 4) is 5.75 Å². The quantitative estimate of drug-likeness (QED) is 0.337. The highest BCUT2D eigenvalue weighted by Crippen LogP contribution is 2.27. The second-order valence-corrected chi connectivity index (χ2v) is 8.11. The standard InChI is InChI=1S/C27H34O3/c1-3-5-6-21-13-19-26(20-14-21)30-27(28)24-15-9-22(10-16-24)7-8-23-11-17-25(18-12-23)29-4-2/h7-10,13-16,19-20,23,25H,3-6,11-12,17-18H2,1-2H3/b8-7+. The van der Waals surface area contributed by atoms with E-state index in [2.05, 4.69) is 26.0 Å². The molecule has 0 atom stereocenters. The number of ether oxygens (including phenoxy) is 2. The molecule has 1 fully saturated rings. The maximum absolute atomic E-state index is 12.4. The lowest BCUT2D eigenvalue weighted by atomic mass is 9.87. The number of unbranched alkanes of at least 4 members (excludes halogenated alkanes) is 1. The van der Waals surface area contributed by atoms with Gasteiger partial charge in [-0.1, -0.05) is 49.8 Å². The normalized spacial score (nSPS) is 19.1. The number of hydrogen-bond donors (Lipinski definition) is 0. The van der Waals surface area contributed by atoms with Gasteiger partial charge >= 0.3 is 5.97 Å². The molecule has 0 amide bonds. The van der Waals surface area contributed by atoms with Crippen LogP contribution in [0, 0.1) is 5.92 Å². The van der Waals surface area contributed by atoms with E-state index in [-0.39, 0.29) is 5.97 Å². The third-order valence-corrected chi connectivity index (χ3v) is 5.78. The van der Waals surface area contributed by atoms with Gasteiger partial charge in [-0.2, -0.15) is 0 Å². The molecule has 3 heteroatoms. The van der Waals surface area contributed by atoms with Gasteiger partial charge < -0.3 is 9.47 Å². The molecule has 2 aromatic rings. The first-order valence-corrected chi connectivity index (χ1v) is 11.4. The van der Waals surface area contributed by atoms with Crippen molar-refractivity contribution in [2.24, 2.45) is 5.92 Å². The zero-order valence-electron chi connectivity index (χ0n) is 18.3. The van der Waals surface area contributed by atoms with Crippen LogP contribution in [0.2, 0.25) is 0 Å². The molecule has 2 aromatic carbocycles. The number of rotatable bonds is 9. The van der Waals surface area contributed by atoms with Gasteiger partial charge in [-0.3, -0.25) is 0 Å². The SMILES string of the molecule is CCCCc1ccc(OC(=O)c2ccc(/C=C/C3CCC(OCC)CC3)cc2)cc1. The smallest absolute Gasteiger partial charge is 0.343 e. The van der Waals surface area contributed by atoms with Gasteiger partial charge in [-0.15, -0.1) is 0 Å². The second kappa shape index (κ2) is 11.7. The third kappa shape index (κ3) is 6.84. The maximum Gasteiger partial charge on any atom is 0.343 e. The second-order valence-electron chi connectivity index (χ2n) is 8.11. The van der Waals surface area contributed by atoms with Crippen LogP contribution in [0.15, 0.2) is 54.6 Å². The number of aryl methyl sites for hydroxylation is 1. The Morgan fingerprint density at radius 1 is 0.967 bits per heavy atom. The molecule has 1 aliphatic rings. The fourth-order valence-electron chi connectivity index (χ4n) is 3.93. The lowest BCUT2D eigenvalue weighted by Crippen LogP contribution is -2.20. The highest BCUT2D eigenvalue weighted by Gasteiger charge is 2.19. The molecular formula is C27H34O3. The summed E-state index contributed by atoms with van der Waals surface area (Å²) in [7, 11) is 0. The van der Waals surface area contributed by atoms with Crippen molar-refractivity contribution in [3.05, 3.63) is 71.3 Å². The summed E-state index contributed by atoms with van der Waals surface area (Å²) < 4.78 is 11.2. The Hall–Kier alpha value is -2.39. The van der Waals surface area contributed by atoms with E-state index >= 15 is 0 Å². The molecule has 3 rings (SSSR count). The molecule has 0 spiro atoms.